The van der Waals surface area contributed by atoms with Crippen LogP contribution in [0.1, 0.15) is 42.6 Å². The second kappa shape index (κ2) is 6.14. The molecule has 1 N–H and O–H groups in total. The molecule has 2 aliphatic rings. The molecule has 2 bridgehead atoms. The predicted octanol–water partition coefficient (Wildman–Crippen LogP) is 2.82. The van der Waals surface area contributed by atoms with Gasteiger partial charge in [-0.2, -0.15) is 9.90 Å². The molecular weight excluding hydrogens is 288 g/mol. The number of benzene rings is 1. The Bertz CT molecular complexity index is 681. The van der Waals surface area contributed by atoms with E-state index in [-0.39, 0.29) is 5.91 Å². The number of fused-ring (bicyclic) bond motifs is 2. The fourth-order valence-electron chi connectivity index (χ4n) is 4.24. The molecule has 0 spiro atoms. The van der Waals surface area contributed by atoms with Gasteiger partial charge < -0.3 is 5.32 Å². The fraction of sp³-hybridized carbons (Fsp3) is 0.500. The Hall–Kier alpha value is -2.17. The molecular formula is C18H22N4O. The Morgan fingerprint density at radius 2 is 2.09 bits per heavy atom. The maximum absolute atomic E-state index is 12.2. The third-order valence-electron chi connectivity index (χ3n) is 5.40. The van der Waals surface area contributed by atoms with Gasteiger partial charge in [0.25, 0.3) is 5.91 Å². The minimum Gasteiger partial charge on any atom is -0.351 e. The summed E-state index contributed by atoms with van der Waals surface area (Å²) >= 11 is 0. The monoisotopic (exact) mass is 310 g/mol. The van der Waals surface area contributed by atoms with Crippen molar-refractivity contribution >= 4 is 5.91 Å². The quantitative estimate of drug-likeness (QED) is 0.924. The molecule has 0 saturated heterocycles. The van der Waals surface area contributed by atoms with Gasteiger partial charge >= 0.3 is 0 Å². The van der Waals surface area contributed by atoms with Gasteiger partial charge in [-0.15, -0.1) is 5.10 Å². The number of nitrogens with one attached hydrogen (secondary N) is 1. The van der Waals surface area contributed by atoms with Gasteiger partial charge in [0.2, 0.25) is 0 Å². The van der Waals surface area contributed by atoms with Crippen LogP contribution >= 0.6 is 0 Å². The molecule has 4 rings (SSSR count). The third kappa shape index (κ3) is 3.00. The van der Waals surface area contributed by atoms with Crippen LogP contribution in [0.5, 0.6) is 0 Å². The summed E-state index contributed by atoms with van der Waals surface area (Å²) < 4.78 is 0. The number of aromatic nitrogens is 3. The Morgan fingerprint density at radius 3 is 2.83 bits per heavy atom. The third-order valence-corrected chi connectivity index (χ3v) is 5.40. The highest BCUT2D eigenvalue weighted by molar-refractivity contribution is 5.91. The number of amides is 1. The Balaban J connectivity index is 1.30. The van der Waals surface area contributed by atoms with Crippen LogP contribution in [-0.2, 0) is 0 Å². The molecule has 1 aromatic heterocycles. The van der Waals surface area contributed by atoms with E-state index in [0.29, 0.717) is 5.69 Å². The molecule has 5 nitrogen and oxygen atoms in total. The van der Waals surface area contributed by atoms with E-state index in [1.54, 1.807) is 0 Å². The van der Waals surface area contributed by atoms with Crippen LogP contribution in [-0.4, -0.2) is 27.4 Å². The molecule has 0 aliphatic heterocycles. The number of rotatable bonds is 5. The number of hydrogen-bond donors (Lipinski definition) is 1. The lowest BCUT2D eigenvalue weighted by Gasteiger charge is -2.21. The van der Waals surface area contributed by atoms with Gasteiger partial charge in [-0.25, -0.2) is 0 Å². The van der Waals surface area contributed by atoms with Gasteiger partial charge in [0.15, 0.2) is 5.69 Å². The summed E-state index contributed by atoms with van der Waals surface area (Å²) in [6.45, 7) is 0.741. The summed E-state index contributed by atoms with van der Waals surface area (Å²) in [6, 6.07) is 9.62. The molecule has 23 heavy (non-hydrogen) atoms. The Labute approximate surface area is 136 Å². The van der Waals surface area contributed by atoms with Gasteiger partial charge in [-0.1, -0.05) is 24.6 Å². The zero-order valence-electron chi connectivity index (χ0n) is 13.2. The molecule has 3 atom stereocenters. The fourth-order valence-corrected chi connectivity index (χ4v) is 4.24. The van der Waals surface area contributed by atoms with Gasteiger partial charge in [0.1, 0.15) is 0 Å². The molecule has 1 amide bonds. The first-order valence-electron chi connectivity index (χ1n) is 8.55. The van der Waals surface area contributed by atoms with Crippen molar-refractivity contribution in [3.8, 4) is 5.69 Å². The van der Waals surface area contributed by atoms with E-state index >= 15 is 0 Å². The van der Waals surface area contributed by atoms with Crippen LogP contribution in [0.2, 0.25) is 0 Å². The second-order valence-corrected chi connectivity index (χ2v) is 6.83. The van der Waals surface area contributed by atoms with Crippen LogP contribution < -0.4 is 5.32 Å². The van der Waals surface area contributed by atoms with Crippen molar-refractivity contribution in [3.05, 3.63) is 42.2 Å². The summed E-state index contributed by atoms with van der Waals surface area (Å²) in [5.74, 6) is 2.56. The topological polar surface area (TPSA) is 59.8 Å². The number of para-hydroxylation sites is 1. The van der Waals surface area contributed by atoms with Crippen molar-refractivity contribution < 1.29 is 4.79 Å². The smallest absolute Gasteiger partial charge is 0.273 e. The minimum atomic E-state index is -0.129. The summed E-state index contributed by atoms with van der Waals surface area (Å²) in [7, 11) is 0. The van der Waals surface area contributed by atoms with Gasteiger partial charge in [0, 0.05) is 6.54 Å². The van der Waals surface area contributed by atoms with Crippen molar-refractivity contribution in [2.75, 3.05) is 6.54 Å². The average molecular weight is 310 g/mol. The van der Waals surface area contributed by atoms with Crippen LogP contribution in [0.25, 0.3) is 5.69 Å². The summed E-state index contributed by atoms with van der Waals surface area (Å²) in [5, 5.41) is 11.4. The lowest BCUT2D eigenvalue weighted by Crippen LogP contribution is -2.27. The Morgan fingerprint density at radius 1 is 1.22 bits per heavy atom. The van der Waals surface area contributed by atoms with Crippen LogP contribution in [0.15, 0.2) is 36.5 Å². The standard InChI is InChI=1S/C18H22N4O/c23-18(19-9-8-15-11-13-6-7-14(15)10-13)17-12-20-22(21-17)16-4-2-1-3-5-16/h1-5,12-15H,6-11H2,(H,19,23)/t13-,14-,15-/m0/s1. The SMILES string of the molecule is O=C(NCC[C@H]1C[C@H]2CC[C@H]1C2)c1cnn(-c2ccccc2)n1. The molecule has 0 radical (unpaired) electrons. The molecule has 1 heterocycles. The van der Waals surface area contributed by atoms with Gasteiger partial charge in [0.05, 0.1) is 11.9 Å². The van der Waals surface area contributed by atoms with E-state index < -0.39 is 0 Å². The van der Waals surface area contributed by atoms with Crippen LogP contribution in [0.3, 0.4) is 0 Å². The zero-order chi connectivity index (χ0) is 15.6. The summed E-state index contributed by atoms with van der Waals surface area (Å²) in [5.41, 5.74) is 1.23. The van der Waals surface area contributed by atoms with Crippen molar-refractivity contribution in [2.24, 2.45) is 17.8 Å². The lowest BCUT2D eigenvalue weighted by molar-refractivity contribution is 0.0944. The molecule has 5 heteroatoms. The van der Waals surface area contributed by atoms with Crippen LogP contribution in [0, 0.1) is 17.8 Å². The lowest BCUT2D eigenvalue weighted by atomic mass is 9.86. The molecule has 0 unspecified atom stereocenters. The predicted molar refractivity (Wildman–Crippen MR) is 87.2 cm³/mol. The number of nitrogens with zero attached hydrogens (tertiary/aromatic N) is 3. The van der Waals surface area contributed by atoms with Crippen molar-refractivity contribution in [2.45, 2.75) is 32.1 Å². The van der Waals surface area contributed by atoms with E-state index in [1.165, 1.54) is 36.7 Å². The summed E-state index contributed by atoms with van der Waals surface area (Å²) in [4.78, 5) is 13.7. The van der Waals surface area contributed by atoms with E-state index in [4.69, 9.17) is 0 Å². The molecule has 2 saturated carbocycles. The molecule has 2 fully saturated rings. The van der Waals surface area contributed by atoms with E-state index in [9.17, 15) is 4.79 Å². The van der Waals surface area contributed by atoms with E-state index in [1.807, 2.05) is 30.3 Å². The highest BCUT2D eigenvalue weighted by Crippen LogP contribution is 2.49. The van der Waals surface area contributed by atoms with E-state index in [2.05, 4.69) is 15.5 Å². The first-order valence-corrected chi connectivity index (χ1v) is 8.55. The minimum absolute atomic E-state index is 0.129. The highest BCUT2D eigenvalue weighted by Gasteiger charge is 2.38. The van der Waals surface area contributed by atoms with Crippen LogP contribution in [0.4, 0.5) is 0 Å². The zero-order valence-corrected chi connectivity index (χ0v) is 13.2. The number of hydrogen-bond acceptors (Lipinski definition) is 3. The van der Waals surface area contributed by atoms with Crippen molar-refractivity contribution in [3.63, 3.8) is 0 Å². The second-order valence-electron chi connectivity index (χ2n) is 6.83. The largest absolute Gasteiger partial charge is 0.351 e. The number of carbonyl (C=O) groups is 1. The molecule has 2 aromatic rings. The molecule has 120 valence electrons. The van der Waals surface area contributed by atoms with Gasteiger partial charge in [-0.05, 0) is 55.6 Å². The van der Waals surface area contributed by atoms with E-state index in [0.717, 1.165) is 36.4 Å². The summed E-state index contributed by atoms with van der Waals surface area (Å²) in [6.07, 6.45) is 8.24. The first kappa shape index (κ1) is 14.4. The molecule has 1 aromatic carbocycles. The maximum Gasteiger partial charge on any atom is 0.273 e. The maximum atomic E-state index is 12.2. The number of carbonyl (C=O) groups excluding carboxylic acids is 1. The van der Waals surface area contributed by atoms with Gasteiger partial charge in [-0.3, -0.25) is 4.79 Å². The van der Waals surface area contributed by atoms with Crippen molar-refractivity contribution in [1.82, 2.24) is 20.3 Å². The Kier molecular flexibility index (Phi) is 3.85. The first-order chi connectivity index (χ1) is 11.3. The normalized spacial score (nSPS) is 25.7. The molecule has 2 aliphatic carbocycles. The highest BCUT2D eigenvalue weighted by atomic mass is 16.2. The van der Waals surface area contributed by atoms with Crippen molar-refractivity contribution in [1.29, 1.82) is 0 Å². The average Bonchev–Trinajstić information content (AvgIpc) is 3.32.